The highest BCUT2D eigenvalue weighted by Gasteiger charge is 2.35. The molecule has 1 atom stereocenters. The maximum Gasteiger partial charge on any atom is 0.122 e. The van der Waals surface area contributed by atoms with Gasteiger partial charge in [0.2, 0.25) is 0 Å². The quantitative estimate of drug-likeness (QED) is 0.913. The summed E-state index contributed by atoms with van der Waals surface area (Å²) >= 11 is 0. The Morgan fingerprint density at radius 2 is 2.20 bits per heavy atom. The average Bonchev–Trinajstić information content (AvgIpc) is 2.89. The predicted octanol–water partition coefficient (Wildman–Crippen LogP) is 1.73. The Labute approximate surface area is 120 Å². The highest BCUT2D eigenvalue weighted by atomic mass is 16.5. The lowest BCUT2D eigenvalue weighted by atomic mass is 9.94. The van der Waals surface area contributed by atoms with E-state index in [4.69, 9.17) is 15.2 Å². The highest BCUT2D eigenvalue weighted by molar-refractivity contribution is 5.41. The van der Waals surface area contributed by atoms with Gasteiger partial charge >= 0.3 is 0 Å². The van der Waals surface area contributed by atoms with Crippen molar-refractivity contribution in [1.82, 2.24) is 4.90 Å². The Balaban J connectivity index is 1.89. The van der Waals surface area contributed by atoms with E-state index in [-0.39, 0.29) is 11.6 Å². The SMILES string of the molecule is CC1(C)COCCN1C(CN)c1ccc2c(c1)CCO2. The first-order valence-corrected chi connectivity index (χ1v) is 7.42. The summed E-state index contributed by atoms with van der Waals surface area (Å²) in [4.78, 5) is 2.48. The van der Waals surface area contributed by atoms with Crippen molar-refractivity contribution in [2.75, 3.05) is 32.9 Å². The van der Waals surface area contributed by atoms with E-state index in [0.29, 0.717) is 6.54 Å². The molecule has 0 bridgehead atoms. The van der Waals surface area contributed by atoms with E-state index in [1.165, 1.54) is 11.1 Å². The lowest BCUT2D eigenvalue weighted by Gasteiger charge is -2.46. The molecule has 1 saturated heterocycles. The Morgan fingerprint density at radius 1 is 1.35 bits per heavy atom. The minimum absolute atomic E-state index is 0.0256. The van der Waals surface area contributed by atoms with Crippen molar-refractivity contribution in [3.63, 3.8) is 0 Å². The zero-order valence-corrected chi connectivity index (χ0v) is 12.4. The number of hydrogen-bond donors (Lipinski definition) is 1. The van der Waals surface area contributed by atoms with E-state index < -0.39 is 0 Å². The van der Waals surface area contributed by atoms with Gasteiger partial charge in [0, 0.05) is 31.1 Å². The molecule has 2 N–H and O–H groups in total. The molecule has 0 saturated carbocycles. The zero-order chi connectivity index (χ0) is 14.2. The van der Waals surface area contributed by atoms with Crippen LogP contribution in [-0.2, 0) is 11.2 Å². The molecule has 4 nitrogen and oxygen atoms in total. The van der Waals surface area contributed by atoms with Crippen molar-refractivity contribution >= 4 is 0 Å². The molecule has 2 aliphatic rings. The number of hydrogen-bond acceptors (Lipinski definition) is 4. The molecular weight excluding hydrogens is 252 g/mol. The minimum atomic E-state index is 0.0256. The lowest BCUT2D eigenvalue weighted by molar-refractivity contribution is -0.0712. The van der Waals surface area contributed by atoms with Crippen molar-refractivity contribution < 1.29 is 9.47 Å². The molecule has 0 radical (unpaired) electrons. The van der Waals surface area contributed by atoms with Crippen LogP contribution in [0.15, 0.2) is 18.2 Å². The van der Waals surface area contributed by atoms with Gasteiger partial charge in [-0.3, -0.25) is 4.90 Å². The number of nitrogens with two attached hydrogens (primary N) is 1. The number of ether oxygens (including phenoxy) is 2. The Morgan fingerprint density at radius 3 is 2.95 bits per heavy atom. The van der Waals surface area contributed by atoms with Crippen LogP contribution >= 0.6 is 0 Å². The lowest BCUT2D eigenvalue weighted by Crippen LogP contribution is -2.55. The number of benzene rings is 1. The van der Waals surface area contributed by atoms with E-state index in [1.54, 1.807) is 0 Å². The van der Waals surface area contributed by atoms with E-state index in [1.807, 2.05) is 0 Å². The van der Waals surface area contributed by atoms with Gasteiger partial charge in [-0.2, -0.15) is 0 Å². The van der Waals surface area contributed by atoms with E-state index in [0.717, 1.165) is 38.5 Å². The van der Waals surface area contributed by atoms with E-state index in [2.05, 4.69) is 36.9 Å². The number of fused-ring (bicyclic) bond motifs is 1. The molecular formula is C16H24N2O2. The maximum absolute atomic E-state index is 6.09. The van der Waals surface area contributed by atoms with E-state index >= 15 is 0 Å². The molecule has 0 aliphatic carbocycles. The standard InChI is InChI=1S/C16H24N2O2/c1-16(2)11-19-8-6-18(16)14(10-17)12-3-4-15-13(9-12)5-7-20-15/h3-4,9,14H,5-8,10-11,17H2,1-2H3. The van der Waals surface area contributed by atoms with Crippen LogP contribution in [0.5, 0.6) is 5.75 Å². The normalized spacial score (nSPS) is 23.1. The van der Waals surface area contributed by atoms with Crippen LogP contribution in [0.1, 0.15) is 31.0 Å². The molecule has 2 aliphatic heterocycles. The summed E-state index contributed by atoms with van der Waals surface area (Å²) in [5.74, 6) is 1.03. The predicted molar refractivity (Wildman–Crippen MR) is 79.0 cm³/mol. The molecule has 1 aromatic carbocycles. The largest absolute Gasteiger partial charge is 0.493 e. The van der Waals surface area contributed by atoms with Crippen molar-refractivity contribution in [3.05, 3.63) is 29.3 Å². The van der Waals surface area contributed by atoms with E-state index in [9.17, 15) is 0 Å². The molecule has 1 fully saturated rings. The van der Waals surface area contributed by atoms with Crippen LogP contribution in [0.25, 0.3) is 0 Å². The first kappa shape index (κ1) is 13.9. The first-order valence-electron chi connectivity index (χ1n) is 7.42. The fraction of sp³-hybridized carbons (Fsp3) is 0.625. The molecule has 0 amide bonds. The summed E-state index contributed by atoms with van der Waals surface area (Å²) < 4.78 is 11.2. The Bertz CT molecular complexity index is 487. The molecule has 2 heterocycles. The molecule has 20 heavy (non-hydrogen) atoms. The molecule has 3 rings (SSSR count). The van der Waals surface area contributed by atoms with Gasteiger partial charge in [-0.05, 0) is 31.0 Å². The molecule has 1 aromatic rings. The van der Waals surface area contributed by atoms with Gasteiger partial charge in [-0.25, -0.2) is 0 Å². The van der Waals surface area contributed by atoms with Crippen molar-refractivity contribution in [1.29, 1.82) is 0 Å². The van der Waals surface area contributed by atoms with Crippen LogP contribution in [0.3, 0.4) is 0 Å². The summed E-state index contributed by atoms with van der Waals surface area (Å²) in [7, 11) is 0. The summed E-state index contributed by atoms with van der Waals surface area (Å²) in [6.07, 6.45) is 1.01. The van der Waals surface area contributed by atoms with Crippen LogP contribution in [0, 0.1) is 0 Å². The van der Waals surface area contributed by atoms with Gasteiger partial charge in [0.05, 0.1) is 19.8 Å². The van der Waals surface area contributed by atoms with Crippen molar-refractivity contribution in [2.45, 2.75) is 31.8 Å². The number of nitrogens with zero attached hydrogens (tertiary/aromatic N) is 1. The minimum Gasteiger partial charge on any atom is -0.493 e. The fourth-order valence-corrected chi connectivity index (χ4v) is 3.31. The fourth-order valence-electron chi connectivity index (χ4n) is 3.31. The van der Waals surface area contributed by atoms with Gasteiger partial charge in [-0.15, -0.1) is 0 Å². The van der Waals surface area contributed by atoms with Crippen LogP contribution in [0.4, 0.5) is 0 Å². The van der Waals surface area contributed by atoms with Crippen LogP contribution in [-0.4, -0.2) is 43.3 Å². The third-order valence-electron chi connectivity index (χ3n) is 4.41. The second-order valence-electron chi connectivity index (χ2n) is 6.28. The average molecular weight is 276 g/mol. The third-order valence-corrected chi connectivity index (χ3v) is 4.41. The Kier molecular flexibility index (Phi) is 3.71. The van der Waals surface area contributed by atoms with Gasteiger partial charge in [0.15, 0.2) is 0 Å². The topological polar surface area (TPSA) is 47.7 Å². The number of rotatable bonds is 3. The zero-order valence-electron chi connectivity index (χ0n) is 12.4. The third kappa shape index (κ3) is 2.43. The number of morpholine rings is 1. The smallest absolute Gasteiger partial charge is 0.122 e. The van der Waals surface area contributed by atoms with Crippen molar-refractivity contribution in [3.8, 4) is 5.75 Å². The molecule has 0 spiro atoms. The summed E-state index contributed by atoms with van der Waals surface area (Å²) in [5, 5.41) is 0. The first-order chi connectivity index (χ1) is 9.62. The second kappa shape index (κ2) is 5.35. The van der Waals surface area contributed by atoms with Gasteiger partial charge in [0.1, 0.15) is 5.75 Å². The van der Waals surface area contributed by atoms with Crippen LogP contribution < -0.4 is 10.5 Å². The van der Waals surface area contributed by atoms with Crippen LogP contribution in [0.2, 0.25) is 0 Å². The van der Waals surface area contributed by atoms with Gasteiger partial charge < -0.3 is 15.2 Å². The summed E-state index contributed by atoms with van der Waals surface area (Å²) in [6.45, 7) is 8.36. The summed E-state index contributed by atoms with van der Waals surface area (Å²) in [6, 6.07) is 6.77. The molecule has 4 heteroatoms. The molecule has 1 unspecified atom stereocenters. The maximum atomic E-state index is 6.09. The van der Waals surface area contributed by atoms with Crippen molar-refractivity contribution in [2.24, 2.45) is 5.73 Å². The molecule has 0 aromatic heterocycles. The summed E-state index contributed by atoms with van der Waals surface area (Å²) in [5.41, 5.74) is 8.72. The van der Waals surface area contributed by atoms with Gasteiger partial charge in [0.25, 0.3) is 0 Å². The Hall–Kier alpha value is -1.10. The molecule has 110 valence electrons. The highest BCUT2D eigenvalue weighted by Crippen LogP contribution is 2.33. The van der Waals surface area contributed by atoms with Gasteiger partial charge in [-0.1, -0.05) is 12.1 Å². The second-order valence-corrected chi connectivity index (χ2v) is 6.28. The monoisotopic (exact) mass is 276 g/mol.